The van der Waals surface area contributed by atoms with Gasteiger partial charge >= 0.3 is 5.69 Å². The first kappa shape index (κ1) is 12.7. The molecule has 0 aliphatic carbocycles. The Morgan fingerprint density at radius 3 is 2.62 bits per heavy atom. The van der Waals surface area contributed by atoms with Gasteiger partial charge in [-0.2, -0.15) is 0 Å². The van der Waals surface area contributed by atoms with Gasteiger partial charge < -0.3 is 10.2 Å². The molecule has 1 rings (SSSR count). The van der Waals surface area contributed by atoms with Crippen molar-refractivity contribution in [3.05, 3.63) is 32.6 Å². The van der Waals surface area contributed by atoms with Crippen molar-refractivity contribution < 1.29 is 10.2 Å². The molecule has 2 atom stereocenters. The normalized spacial score (nSPS) is 14.8. The van der Waals surface area contributed by atoms with Gasteiger partial charge in [-0.05, 0) is 13.8 Å². The number of H-pyrrole nitrogens is 1. The topological polar surface area (TPSA) is 95.3 Å². The highest BCUT2D eigenvalue weighted by atomic mass is 16.3. The summed E-state index contributed by atoms with van der Waals surface area (Å²) in [5, 5.41) is 18.4. The molecule has 1 aromatic rings. The third-order valence-corrected chi connectivity index (χ3v) is 2.54. The first-order valence-electron chi connectivity index (χ1n) is 5.05. The van der Waals surface area contributed by atoms with Gasteiger partial charge in [0.1, 0.15) is 0 Å². The van der Waals surface area contributed by atoms with Crippen LogP contribution in [0, 0.1) is 12.8 Å². The van der Waals surface area contributed by atoms with Crippen LogP contribution in [0.4, 0.5) is 0 Å². The van der Waals surface area contributed by atoms with Crippen LogP contribution in [0.5, 0.6) is 0 Å². The molecule has 0 spiro atoms. The number of nitrogens with one attached hydrogen (secondary N) is 1. The van der Waals surface area contributed by atoms with Gasteiger partial charge in [-0.3, -0.25) is 14.3 Å². The predicted molar refractivity (Wildman–Crippen MR) is 58.3 cm³/mol. The van der Waals surface area contributed by atoms with Crippen LogP contribution in [-0.2, 0) is 6.54 Å². The standard InChI is InChI=1S/C10H16N2O4/c1-6-3-12(10(16)11-9(6)15)4-8(5-13)7(2)14/h3,7-8,13-14H,4-5H2,1-2H3,(H,11,15,16)/t7-,8-/m1/s1. The van der Waals surface area contributed by atoms with Crippen LogP contribution in [-0.4, -0.2) is 32.5 Å². The minimum absolute atomic E-state index is 0.171. The molecule has 0 bridgehead atoms. The summed E-state index contributed by atoms with van der Waals surface area (Å²) >= 11 is 0. The zero-order chi connectivity index (χ0) is 12.3. The Hall–Kier alpha value is -1.40. The molecule has 1 heterocycles. The molecule has 3 N–H and O–H groups in total. The fraction of sp³-hybridized carbons (Fsp3) is 0.600. The number of aryl methyl sites for hydroxylation is 1. The SMILES string of the molecule is Cc1cn(C[C@H](CO)[C@@H](C)O)c(=O)[nH]c1=O. The fourth-order valence-electron chi connectivity index (χ4n) is 1.37. The number of hydrogen-bond donors (Lipinski definition) is 3. The molecule has 6 heteroatoms. The molecule has 0 fully saturated rings. The summed E-state index contributed by atoms with van der Waals surface area (Å²) in [6.45, 7) is 3.09. The van der Waals surface area contributed by atoms with E-state index in [-0.39, 0.29) is 13.2 Å². The van der Waals surface area contributed by atoms with Gasteiger partial charge in [0.15, 0.2) is 0 Å². The number of aliphatic hydroxyl groups is 2. The lowest BCUT2D eigenvalue weighted by molar-refractivity contribution is 0.0696. The van der Waals surface area contributed by atoms with Gasteiger partial charge in [-0.1, -0.05) is 0 Å². The average Bonchev–Trinajstić information content (AvgIpc) is 2.21. The van der Waals surface area contributed by atoms with Gasteiger partial charge in [0.25, 0.3) is 5.56 Å². The smallest absolute Gasteiger partial charge is 0.328 e. The molecule has 90 valence electrons. The number of rotatable bonds is 4. The second kappa shape index (κ2) is 5.09. The summed E-state index contributed by atoms with van der Waals surface area (Å²) in [7, 11) is 0. The maximum atomic E-state index is 11.4. The van der Waals surface area contributed by atoms with Crippen molar-refractivity contribution in [2.45, 2.75) is 26.5 Å². The molecule has 0 saturated heterocycles. The fourth-order valence-corrected chi connectivity index (χ4v) is 1.37. The van der Waals surface area contributed by atoms with E-state index in [0.717, 1.165) is 0 Å². The zero-order valence-corrected chi connectivity index (χ0v) is 9.30. The molecular formula is C10H16N2O4. The van der Waals surface area contributed by atoms with Crippen molar-refractivity contribution in [2.24, 2.45) is 5.92 Å². The zero-order valence-electron chi connectivity index (χ0n) is 9.30. The number of nitrogens with zero attached hydrogens (tertiary/aromatic N) is 1. The molecule has 0 amide bonds. The number of aromatic nitrogens is 2. The highest BCUT2D eigenvalue weighted by Crippen LogP contribution is 2.04. The molecule has 1 aromatic heterocycles. The lowest BCUT2D eigenvalue weighted by Gasteiger charge is -2.18. The molecule has 0 saturated carbocycles. The van der Waals surface area contributed by atoms with Crippen LogP contribution in [0.3, 0.4) is 0 Å². The van der Waals surface area contributed by atoms with E-state index in [4.69, 9.17) is 5.11 Å². The van der Waals surface area contributed by atoms with Crippen molar-refractivity contribution in [1.82, 2.24) is 9.55 Å². The molecule has 0 aliphatic rings. The highest BCUT2D eigenvalue weighted by Gasteiger charge is 2.15. The van der Waals surface area contributed by atoms with E-state index in [2.05, 4.69) is 4.98 Å². The number of hydrogen-bond acceptors (Lipinski definition) is 4. The lowest BCUT2D eigenvalue weighted by atomic mass is 10.1. The van der Waals surface area contributed by atoms with Crippen molar-refractivity contribution in [1.29, 1.82) is 0 Å². The van der Waals surface area contributed by atoms with Gasteiger partial charge in [-0.15, -0.1) is 0 Å². The molecule has 0 unspecified atom stereocenters. The van der Waals surface area contributed by atoms with Crippen LogP contribution >= 0.6 is 0 Å². The van der Waals surface area contributed by atoms with Crippen LogP contribution < -0.4 is 11.2 Å². The quantitative estimate of drug-likeness (QED) is 0.605. The van der Waals surface area contributed by atoms with Gasteiger partial charge in [0.05, 0.1) is 12.7 Å². The summed E-state index contributed by atoms with van der Waals surface area (Å²) in [6, 6.07) is 0. The van der Waals surface area contributed by atoms with Gasteiger partial charge in [0, 0.05) is 24.2 Å². The Bertz CT molecular complexity index is 461. The lowest BCUT2D eigenvalue weighted by Crippen LogP contribution is -2.35. The molecule has 16 heavy (non-hydrogen) atoms. The van der Waals surface area contributed by atoms with Gasteiger partial charge in [0.2, 0.25) is 0 Å². The van der Waals surface area contributed by atoms with Crippen LogP contribution in [0.15, 0.2) is 15.8 Å². The third kappa shape index (κ3) is 2.80. The maximum absolute atomic E-state index is 11.4. The van der Waals surface area contributed by atoms with Gasteiger partial charge in [-0.25, -0.2) is 4.79 Å². The van der Waals surface area contributed by atoms with E-state index in [1.807, 2.05) is 0 Å². The van der Waals surface area contributed by atoms with E-state index in [1.165, 1.54) is 10.8 Å². The largest absolute Gasteiger partial charge is 0.396 e. The molecule has 0 radical (unpaired) electrons. The Balaban J connectivity index is 3.01. The Kier molecular flexibility index (Phi) is 4.03. The van der Waals surface area contributed by atoms with E-state index >= 15 is 0 Å². The summed E-state index contributed by atoms with van der Waals surface area (Å²) < 4.78 is 1.28. The number of aromatic amines is 1. The van der Waals surface area contributed by atoms with E-state index in [9.17, 15) is 14.7 Å². The van der Waals surface area contributed by atoms with E-state index < -0.39 is 23.3 Å². The Labute approximate surface area is 92.2 Å². The third-order valence-electron chi connectivity index (χ3n) is 2.54. The summed E-state index contributed by atoms with van der Waals surface area (Å²) in [5.41, 5.74) is -0.532. The predicted octanol–water partition coefficient (Wildman–Crippen LogP) is -1.17. The Morgan fingerprint density at radius 2 is 2.12 bits per heavy atom. The van der Waals surface area contributed by atoms with Crippen molar-refractivity contribution in [3.8, 4) is 0 Å². The molecular weight excluding hydrogens is 212 g/mol. The summed E-state index contributed by atoms with van der Waals surface area (Å²) in [5.74, 6) is -0.428. The van der Waals surface area contributed by atoms with E-state index in [0.29, 0.717) is 5.56 Å². The molecule has 0 aliphatic heterocycles. The minimum Gasteiger partial charge on any atom is -0.396 e. The molecule has 6 nitrogen and oxygen atoms in total. The first-order chi connectivity index (χ1) is 7.45. The maximum Gasteiger partial charge on any atom is 0.328 e. The summed E-state index contributed by atoms with van der Waals surface area (Å²) in [4.78, 5) is 24.7. The van der Waals surface area contributed by atoms with E-state index in [1.54, 1.807) is 13.8 Å². The van der Waals surface area contributed by atoms with Crippen molar-refractivity contribution in [2.75, 3.05) is 6.61 Å². The average molecular weight is 228 g/mol. The first-order valence-corrected chi connectivity index (χ1v) is 5.05. The van der Waals surface area contributed by atoms with Crippen molar-refractivity contribution in [3.63, 3.8) is 0 Å². The number of aliphatic hydroxyl groups excluding tert-OH is 2. The van der Waals surface area contributed by atoms with Crippen LogP contribution in [0.1, 0.15) is 12.5 Å². The monoisotopic (exact) mass is 228 g/mol. The molecule has 0 aromatic carbocycles. The Morgan fingerprint density at radius 1 is 1.50 bits per heavy atom. The minimum atomic E-state index is -0.718. The second-order valence-corrected chi connectivity index (χ2v) is 3.91. The van der Waals surface area contributed by atoms with Crippen LogP contribution in [0.25, 0.3) is 0 Å². The highest BCUT2D eigenvalue weighted by molar-refractivity contribution is 5.00. The second-order valence-electron chi connectivity index (χ2n) is 3.91. The summed E-state index contributed by atoms with van der Waals surface area (Å²) in [6.07, 6.45) is 0.704. The van der Waals surface area contributed by atoms with Crippen molar-refractivity contribution >= 4 is 0 Å². The van der Waals surface area contributed by atoms with Crippen LogP contribution in [0.2, 0.25) is 0 Å².